The van der Waals surface area contributed by atoms with Crippen LogP contribution in [0.25, 0.3) is 0 Å². The van der Waals surface area contributed by atoms with Crippen LogP contribution in [-0.2, 0) is 11.3 Å². The Morgan fingerprint density at radius 2 is 1.71 bits per heavy atom. The normalized spacial score (nSPS) is 12.3. The molecular formula is C19H31N3O2. The van der Waals surface area contributed by atoms with Gasteiger partial charge in [0, 0.05) is 25.2 Å². The molecule has 0 aliphatic rings. The molecule has 2 amide bonds. The van der Waals surface area contributed by atoms with Crippen molar-refractivity contribution in [3.05, 3.63) is 35.4 Å². The van der Waals surface area contributed by atoms with Crippen LogP contribution >= 0.6 is 0 Å². The zero-order valence-corrected chi connectivity index (χ0v) is 15.6. The molecule has 0 radical (unpaired) electrons. The van der Waals surface area contributed by atoms with E-state index >= 15 is 0 Å². The topological polar surface area (TPSA) is 61.4 Å². The Hall–Kier alpha value is -1.88. The van der Waals surface area contributed by atoms with Crippen molar-refractivity contribution in [2.45, 2.75) is 46.2 Å². The van der Waals surface area contributed by atoms with Gasteiger partial charge in [0.05, 0.1) is 6.54 Å². The maximum atomic E-state index is 12.1. The van der Waals surface area contributed by atoms with Gasteiger partial charge in [0.25, 0.3) is 5.91 Å². The van der Waals surface area contributed by atoms with Gasteiger partial charge in [-0.2, -0.15) is 0 Å². The first kappa shape index (κ1) is 20.2. The van der Waals surface area contributed by atoms with Gasteiger partial charge >= 0.3 is 0 Å². The summed E-state index contributed by atoms with van der Waals surface area (Å²) in [5.74, 6) is 0.616. The van der Waals surface area contributed by atoms with E-state index < -0.39 is 0 Å². The zero-order chi connectivity index (χ0) is 18.1. The molecule has 1 aromatic rings. The third-order valence-electron chi connectivity index (χ3n) is 3.89. The van der Waals surface area contributed by atoms with Crippen molar-refractivity contribution >= 4 is 11.8 Å². The number of likely N-dealkylation sites (N-methyl/N-ethyl adjacent to an activating group) is 1. The van der Waals surface area contributed by atoms with Crippen LogP contribution in [0.5, 0.6) is 0 Å². The molecule has 0 saturated carbocycles. The highest BCUT2D eigenvalue weighted by molar-refractivity contribution is 5.93. The number of hydrogen-bond acceptors (Lipinski definition) is 3. The maximum Gasteiger partial charge on any atom is 0.251 e. The predicted octanol–water partition coefficient (Wildman–Crippen LogP) is 2.42. The summed E-state index contributed by atoms with van der Waals surface area (Å²) in [5.41, 5.74) is 1.71. The largest absolute Gasteiger partial charge is 0.355 e. The highest BCUT2D eigenvalue weighted by Crippen LogP contribution is 2.08. The molecule has 0 aliphatic heterocycles. The number of carbonyl (C=O) groups is 2. The summed E-state index contributed by atoms with van der Waals surface area (Å²) in [7, 11) is 3.54. The van der Waals surface area contributed by atoms with E-state index in [1.165, 1.54) is 0 Å². The molecule has 134 valence electrons. The van der Waals surface area contributed by atoms with E-state index in [1.807, 2.05) is 24.1 Å². The molecule has 1 atom stereocenters. The lowest BCUT2D eigenvalue weighted by Crippen LogP contribution is -2.39. The molecular weight excluding hydrogens is 302 g/mol. The minimum Gasteiger partial charge on any atom is -0.355 e. The fourth-order valence-corrected chi connectivity index (χ4v) is 2.49. The number of nitrogens with one attached hydrogen (secondary N) is 2. The summed E-state index contributed by atoms with van der Waals surface area (Å²) in [4.78, 5) is 25.6. The fraction of sp³-hybridized carbons (Fsp3) is 0.579. The Labute approximate surface area is 145 Å². The molecule has 5 heteroatoms. The molecule has 0 saturated heterocycles. The van der Waals surface area contributed by atoms with Crippen LogP contribution in [0.2, 0.25) is 0 Å². The first-order valence-electron chi connectivity index (χ1n) is 8.60. The predicted molar refractivity (Wildman–Crippen MR) is 97.8 cm³/mol. The van der Waals surface area contributed by atoms with Gasteiger partial charge in [-0.3, -0.25) is 14.5 Å². The zero-order valence-electron chi connectivity index (χ0n) is 15.6. The van der Waals surface area contributed by atoms with Gasteiger partial charge in [0.15, 0.2) is 0 Å². The number of benzene rings is 1. The van der Waals surface area contributed by atoms with Crippen LogP contribution in [0.4, 0.5) is 0 Å². The lowest BCUT2D eigenvalue weighted by Gasteiger charge is -2.19. The smallest absolute Gasteiger partial charge is 0.251 e. The number of amides is 2. The second-order valence-corrected chi connectivity index (χ2v) is 6.89. The molecule has 0 fully saturated rings. The van der Waals surface area contributed by atoms with Gasteiger partial charge in [0.2, 0.25) is 5.91 Å². The van der Waals surface area contributed by atoms with Crippen LogP contribution in [0.1, 0.15) is 49.5 Å². The van der Waals surface area contributed by atoms with Crippen LogP contribution < -0.4 is 10.6 Å². The molecule has 0 heterocycles. The molecule has 0 aromatic heterocycles. The standard InChI is InChI=1S/C19H31N3O2/c1-14(2)6-7-15(3)21-18(23)13-22(5)12-16-8-10-17(11-9-16)19(24)20-4/h8-11,14-15H,6-7,12-13H2,1-5H3,(H,20,24)(H,21,23)/t15-/m1/s1. The van der Waals surface area contributed by atoms with Crippen LogP contribution in [0, 0.1) is 5.92 Å². The van der Waals surface area contributed by atoms with E-state index in [0.717, 1.165) is 18.4 Å². The summed E-state index contributed by atoms with van der Waals surface area (Å²) >= 11 is 0. The summed E-state index contributed by atoms with van der Waals surface area (Å²) in [6.45, 7) is 7.47. The van der Waals surface area contributed by atoms with Crippen molar-refractivity contribution in [2.75, 3.05) is 20.6 Å². The highest BCUT2D eigenvalue weighted by Gasteiger charge is 2.11. The Bertz CT molecular complexity index is 526. The second-order valence-electron chi connectivity index (χ2n) is 6.89. The van der Waals surface area contributed by atoms with Crippen LogP contribution in [-0.4, -0.2) is 43.4 Å². The average Bonchev–Trinajstić information content (AvgIpc) is 2.52. The van der Waals surface area contributed by atoms with Gasteiger partial charge in [-0.15, -0.1) is 0 Å². The van der Waals surface area contributed by atoms with Crippen molar-refractivity contribution in [2.24, 2.45) is 5.92 Å². The molecule has 24 heavy (non-hydrogen) atoms. The van der Waals surface area contributed by atoms with Gasteiger partial charge in [0.1, 0.15) is 0 Å². The quantitative estimate of drug-likeness (QED) is 0.729. The van der Waals surface area contributed by atoms with Gasteiger partial charge in [-0.25, -0.2) is 0 Å². The summed E-state index contributed by atoms with van der Waals surface area (Å²) in [6, 6.07) is 7.65. The first-order chi connectivity index (χ1) is 11.3. The molecule has 5 nitrogen and oxygen atoms in total. The average molecular weight is 333 g/mol. The van der Waals surface area contributed by atoms with Crippen molar-refractivity contribution < 1.29 is 9.59 Å². The van der Waals surface area contributed by atoms with E-state index in [2.05, 4.69) is 31.4 Å². The van der Waals surface area contributed by atoms with Crippen molar-refractivity contribution in [3.8, 4) is 0 Å². The Balaban J connectivity index is 2.40. The van der Waals surface area contributed by atoms with E-state index in [4.69, 9.17) is 0 Å². The van der Waals surface area contributed by atoms with E-state index in [9.17, 15) is 9.59 Å². The molecule has 1 aromatic carbocycles. The monoisotopic (exact) mass is 333 g/mol. The van der Waals surface area contributed by atoms with Crippen LogP contribution in [0.15, 0.2) is 24.3 Å². The molecule has 0 spiro atoms. The van der Waals surface area contributed by atoms with Crippen molar-refractivity contribution in [3.63, 3.8) is 0 Å². The molecule has 0 bridgehead atoms. The summed E-state index contributed by atoms with van der Waals surface area (Å²) in [5, 5.41) is 5.65. The Morgan fingerprint density at radius 3 is 2.25 bits per heavy atom. The first-order valence-corrected chi connectivity index (χ1v) is 8.60. The summed E-state index contributed by atoms with van der Waals surface area (Å²) in [6.07, 6.45) is 2.13. The second kappa shape index (κ2) is 10.1. The van der Waals surface area contributed by atoms with E-state index in [-0.39, 0.29) is 17.9 Å². The van der Waals surface area contributed by atoms with E-state index in [0.29, 0.717) is 24.6 Å². The van der Waals surface area contributed by atoms with Gasteiger partial charge in [-0.05, 0) is 50.4 Å². The van der Waals surface area contributed by atoms with Crippen LogP contribution in [0.3, 0.4) is 0 Å². The Kier molecular flexibility index (Phi) is 8.47. The minimum atomic E-state index is -0.0929. The molecule has 2 N–H and O–H groups in total. The Morgan fingerprint density at radius 1 is 1.08 bits per heavy atom. The lowest BCUT2D eigenvalue weighted by molar-refractivity contribution is -0.122. The maximum absolute atomic E-state index is 12.1. The van der Waals surface area contributed by atoms with E-state index in [1.54, 1.807) is 19.2 Å². The molecule has 0 unspecified atom stereocenters. The van der Waals surface area contributed by atoms with Gasteiger partial charge in [-0.1, -0.05) is 26.0 Å². The third-order valence-corrected chi connectivity index (χ3v) is 3.89. The number of rotatable bonds is 9. The SMILES string of the molecule is CNC(=O)c1ccc(CN(C)CC(=O)N[C@H](C)CCC(C)C)cc1. The number of nitrogens with zero attached hydrogens (tertiary/aromatic N) is 1. The number of hydrogen-bond donors (Lipinski definition) is 2. The van der Waals surface area contributed by atoms with Gasteiger partial charge < -0.3 is 10.6 Å². The number of carbonyl (C=O) groups excluding carboxylic acids is 2. The molecule has 0 aliphatic carbocycles. The van der Waals surface area contributed by atoms with Crippen molar-refractivity contribution in [1.29, 1.82) is 0 Å². The van der Waals surface area contributed by atoms with Crippen molar-refractivity contribution in [1.82, 2.24) is 15.5 Å². The summed E-state index contributed by atoms with van der Waals surface area (Å²) < 4.78 is 0. The fourth-order valence-electron chi connectivity index (χ4n) is 2.49. The lowest BCUT2D eigenvalue weighted by atomic mass is 10.0. The minimum absolute atomic E-state index is 0.0516. The third kappa shape index (κ3) is 7.59. The highest BCUT2D eigenvalue weighted by atomic mass is 16.2. The molecule has 1 rings (SSSR count).